The van der Waals surface area contributed by atoms with E-state index in [4.69, 9.17) is 11.6 Å². The molecular formula is C14H8BrClF2O. The first-order chi connectivity index (χ1) is 9.00. The molecule has 0 heterocycles. The van der Waals surface area contributed by atoms with Crippen molar-refractivity contribution >= 4 is 33.3 Å². The average Bonchev–Trinajstić information content (AvgIpc) is 2.39. The molecular weight excluding hydrogens is 338 g/mol. The largest absolute Gasteiger partial charge is 0.294 e. The minimum Gasteiger partial charge on any atom is -0.294 e. The van der Waals surface area contributed by atoms with Crippen molar-refractivity contribution in [2.45, 2.75) is 6.42 Å². The number of benzene rings is 2. The smallest absolute Gasteiger partial charge is 0.168 e. The van der Waals surface area contributed by atoms with Gasteiger partial charge >= 0.3 is 0 Å². The first-order valence-electron chi connectivity index (χ1n) is 5.41. The molecule has 0 aliphatic heterocycles. The van der Waals surface area contributed by atoms with Crippen molar-refractivity contribution in [2.75, 3.05) is 0 Å². The fraction of sp³-hybridized carbons (Fsp3) is 0.0714. The molecule has 0 amide bonds. The van der Waals surface area contributed by atoms with Crippen LogP contribution in [0.1, 0.15) is 15.9 Å². The highest BCUT2D eigenvalue weighted by Crippen LogP contribution is 2.24. The second kappa shape index (κ2) is 5.80. The van der Waals surface area contributed by atoms with Crippen LogP contribution < -0.4 is 0 Å². The van der Waals surface area contributed by atoms with Gasteiger partial charge in [0.1, 0.15) is 11.6 Å². The predicted octanol–water partition coefficient (Wildman–Crippen LogP) is 4.81. The van der Waals surface area contributed by atoms with Gasteiger partial charge in [-0.1, -0.05) is 23.7 Å². The maximum Gasteiger partial charge on any atom is 0.168 e. The molecule has 0 saturated heterocycles. The van der Waals surface area contributed by atoms with Gasteiger partial charge in [0.15, 0.2) is 5.78 Å². The first kappa shape index (κ1) is 14.2. The number of Topliss-reactive ketones (excluding diaryl/α,β-unsaturated/α-hetero) is 1. The van der Waals surface area contributed by atoms with Crippen molar-refractivity contribution in [1.29, 1.82) is 0 Å². The highest BCUT2D eigenvalue weighted by molar-refractivity contribution is 9.10. The van der Waals surface area contributed by atoms with Crippen LogP contribution in [0.2, 0.25) is 5.02 Å². The van der Waals surface area contributed by atoms with Crippen LogP contribution in [0, 0.1) is 11.6 Å². The molecule has 1 nitrogen and oxygen atoms in total. The quantitative estimate of drug-likeness (QED) is 0.576. The Bertz CT molecular complexity index is 643. The zero-order valence-electron chi connectivity index (χ0n) is 9.59. The molecule has 0 unspecified atom stereocenters. The number of rotatable bonds is 3. The minimum absolute atomic E-state index is 0.121. The summed E-state index contributed by atoms with van der Waals surface area (Å²) < 4.78 is 27.4. The summed E-state index contributed by atoms with van der Waals surface area (Å²) >= 11 is 8.84. The van der Waals surface area contributed by atoms with E-state index in [0.717, 1.165) is 6.07 Å². The van der Waals surface area contributed by atoms with Gasteiger partial charge < -0.3 is 0 Å². The molecule has 0 atom stereocenters. The predicted molar refractivity (Wildman–Crippen MR) is 73.5 cm³/mol. The van der Waals surface area contributed by atoms with Gasteiger partial charge in [0.25, 0.3) is 0 Å². The third kappa shape index (κ3) is 3.01. The summed E-state index contributed by atoms with van der Waals surface area (Å²) in [7, 11) is 0. The zero-order chi connectivity index (χ0) is 14.0. The molecule has 0 aliphatic rings. The van der Waals surface area contributed by atoms with Gasteiger partial charge in [0.2, 0.25) is 0 Å². The first-order valence-corrected chi connectivity index (χ1v) is 6.58. The van der Waals surface area contributed by atoms with Crippen LogP contribution in [-0.4, -0.2) is 5.78 Å². The highest BCUT2D eigenvalue weighted by Gasteiger charge is 2.18. The number of hydrogen-bond donors (Lipinski definition) is 0. The Kier molecular flexibility index (Phi) is 4.32. The summed E-state index contributed by atoms with van der Waals surface area (Å²) in [6.07, 6.45) is -0.374. The molecule has 0 N–H and O–H groups in total. The van der Waals surface area contributed by atoms with Gasteiger partial charge in [-0.25, -0.2) is 8.78 Å². The fourth-order valence-corrected chi connectivity index (χ4v) is 2.29. The number of ketones is 1. The third-order valence-electron chi connectivity index (χ3n) is 2.65. The summed E-state index contributed by atoms with van der Waals surface area (Å²) in [5.41, 5.74) is -0.0118. The van der Waals surface area contributed by atoms with E-state index in [9.17, 15) is 13.6 Å². The van der Waals surface area contributed by atoms with Crippen LogP contribution in [0.4, 0.5) is 8.78 Å². The Morgan fingerprint density at radius 2 is 1.84 bits per heavy atom. The van der Waals surface area contributed by atoms with Crippen LogP contribution in [0.15, 0.2) is 40.9 Å². The van der Waals surface area contributed by atoms with Crippen LogP contribution >= 0.6 is 27.5 Å². The van der Waals surface area contributed by atoms with E-state index in [0.29, 0.717) is 0 Å². The molecule has 98 valence electrons. The SMILES string of the molecule is O=C(Cc1c(F)ccc(Br)c1F)c1ccccc1Cl. The lowest BCUT2D eigenvalue weighted by atomic mass is 10.0. The highest BCUT2D eigenvalue weighted by atomic mass is 79.9. The Morgan fingerprint density at radius 3 is 2.53 bits per heavy atom. The monoisotopic (exact) mass is 344 g/mol. The van der Waals surface area contributed by atoms with Gasteiger partial charge in [-0.05, 0) is 40.2 Å². The number of hydrogen-bond acceptors (Lipinski definition) is 1. The van der Waals surface area contributed by atoms with E-state index in [1.807, 2.05) is 0 Å². The lowest BCUT2D eigenvalue weighted by Gasteiger charge is -2.07. The molecule has 5 heteroatoms. The van der Waals surface area contributed by atoms with Crippen molar-refractivity contribution in [3.8, 4) is 0 Å². The van der Waals surface area contributed by atoms with E-state index in [1.54, 1.807) is 18.2 Å². The molecule has 2 rings (SSSR count). The molecule has 0 saturated carbocycles. The summed E-state index contributed by atoms with van der Waals surface area (Å²) in [6, 6.07) is 8.78. The summed E-state index contributed by atoms with van der Waals surface area (Å²) in [6.45, 7) is 0. The van der Waals surface area contributed by atoms with Gasteiger partial charge in [-0.3, -0.25) is 4.79 Å². The van der Waals surface area contributed by atoms with Crippen LogP contribution in [0.5, 0.6) is 0 Å². The zero-order valence-corrected chi connectivity index (χ0v) is 11.9. The van der Waals surface area contributed by atoms with Crippen molar-refractivity contribution in [3.63, 3.8) is 0 Å². The van der Waals surface area contributed by atoms with Crippen molar-refractivity contribution in [3.05, 3.63) is 68.7 Å². The minimum atomic E-state index is -0.764. The molecule has 2 aromatic carbocycles. The van der Waals surface area contributed by atoms with Gasteiger partial charge in [-0.15, -0.1) is 0 Å². The number of carbonyl (C=O) groups excluding carboxylic acids is 1. The second-order valence-corrected chi connectivity index (χ2v) is 5.16. The van der Waals surface area contributed by atoms with E-state index in [-0.39, 0.29) is 27.0 Å². The maximum absolute atomic E-state index is 13.8. The van der Waals surface area contributed by atoms with Gasteiger partial charge in [-0.2, -0.15) is 0 Å². The summed E-state index contributed by atoms with van der Waals surface area (Å²) in [5.74, 6) is -1.94. The Balaban J connectivity index is 2.35. The van der Waals surface area contributed by atoms with Gasteiger partial charge in [0.05, 0.1) is 9.50 Å². The van der Waals surface area contributed by atoms with Crippen molar-refractivity contribution < 1.29 is 13.6 Å². The molecule has 0 radical (unpaired) electrons. The van der Waals surface area contributed by atoms with E-state index in [2.05, 4.69) is 15.9 Å². The topological polar surface area (TPSA) is 17.1 Å². The molecule has 0 bridgehead atoms. The standard InChI is InChI=1S/C14H8BrClF2O/c15-10-5-6-12(17)9(14(10)18)7-13(19)8-3-1-2-4-11(8)16/h1-6H,7H2. The second-order valence-electron chi connectivity index (χ2n) is 3.90. The molecule has 0 aliphatic carbocycles. The van der Waals surface area contributed by atoms with E-state index >= 15 is 0 Å². The lowest BCUT2D eigenvalue weighted by molar-refractivity contribution is 0.0990. The van der Waals surface area contributed by atoms with Crippen molar-refractivity contribution in [2.24, 2.45) is 0 Å². The fourth-order valence-electron chi connectivity index (χ4n) is 1.67. The van der Waals surface area contributed by atoms with Crippen molar-refractivity contribution in [1.82, 2.24) is 0 Å². The average molecular weight is 346 g/mol. The Labute approximate surface area is 122 Å². The lowest BCUT2D eigenvalue weighted by Crippen LogP contribution is -2.08. The maximum atomic E-state index is 13.8. The summed E-state index contributed by atoms with van der Waals surface area (Å²) in [4.78, 5) is 12.0. The third-order valence-corrected chi connectivity index (χ3v) is 3.59. The molecule has 0 spiro atoms. The summed E-state index contributed by atoms with van der Waals surface area (Å²) in [5, 5.41) is 0.267. The molecule has 19 heavy (non-hydrogen) atoms. The van der Waals surface area contributed by atoms with Crippen LogP contribution in [0.3, 0.4) is 0 Å². The molecule has 2 aromatic rings. The number of carbonyl (C=O) groups is 1. The molecule has 0 fully saturated rings. The van der Waals surface area contributed by atoms with E-state index in [1.165, 1.54) is 12.1 Å². The van der Waals surface area contributed by atoms with Crippen LogP contribution in [-0.2, 0) is 6.42 Å². The van der Waals surface area contributed by atoms with Gasteiger partial charge in [0, 0.05) is 17.5 Å². The molecule has 0 aromatic heterocycles. The Hall–Kier alpha value is -1.26. The van der Waals surface area contributed by atoms with Crippen LogP contribution in [0.25, 0.3) is 0 Å². The Morgan fingerprint density at radius 1 is 1.16 bits per heavy atom. The van der Waals surface area contributed by atoms with E-state index < -0.39 is 17.4 Å². The number of halogens is 4. The normalized spacial score (nSPS) is 10.5.